The van der Waals surface area contributed by atoms with Gasteiger partial charge in [0.05, 0.1) is 13.2 Å². The molecule has 0 atom stereocenters. The van der Waals surface area contributed by atoms with Crippen molar-refractivity contribution >= 4 is 17.8 Å². The number of benzene rings is 1. The van der Waals surface area contributed by atoms with Gasteiger partial charge in [-0.05, 0) is 70.6 Å². The summed E-state index contributed by atoms with van der Waals surface area (Å²) in [4.78, 5) is 24.1. The summed E-state index contributed by atoms with van der Waals surface area (Å²) in [5.41, 5.74) is 2.41. The molecule has 198 valence electrons. The molecule has 0 unspecified atom stereocenters. The minimum atomic E-state index is -4.25. The number of nitrogens with zero attached hydrogens (tertiary/aromatic N) is 1. The van der Waals surface area contributed by atoms with Crippen LogP contribution in [0.2, 0.25) is 0 Å². The number of amides is 1. The Bertz CT molecular complexity index is 829. The molecule has 2 N–H and O–H groups in total. The van der Waals surface area contributed by atoms with Gasteiger partial charge < -0.3 is 25.0 Å². The monoisotopic (exact) mass is 503 g/mol. The molecule has 8 nitrogen and oxygen atoms in total. The fourth-order valence-corrected chi connectivity index (χ4v) is 3.00. The predicted molar refractivity (Wildman–Crippen MR) is 126 cm³/mol. The van der Waals surface area contributed by atoms with Crippen LogP contribution in [0.25, 0.3) is 0 Å². The number of hydrazone groups is 1. The quantitative estimate of drug-likeness (QED) is 0.130. The van der Waals surface area contributed by atoms with Crippen LogP contribution in [0.4, 0.5) is 13.2 Å². The number of esters is 1. The van der Waals surface area contributed by atoms with E-state index in [2.05, 4.69) is 15.8 Å². The van der Waals surface area contributed by atoms with Gasteiger partial charge in [0, 0.05) is 20.0 Å². The molecule has 0 aromatic heterocycles. The maximum absolute atomic E-state index is 12.2. The van der Waals surface area contributed by atoms with E-state index in [1.165, 1.54) is 7.05 Å². The predicted octanol–water partition coefficient (Wildman–Crippen LogP) is 4.13. The summed E-state index contributed by atoms with van der Waals surface area (Å²) in [6.07, 6.45) is -2.31. The zero-order valence-electron chi connectivity index (χ0n) is 20.8. The second kappa shape index (κ2) is 15.1. The van der Waals surface area contributed by atoms with Gasteiger partial charge in [0.1, 0.15) is 5.75 Å². The van der Waals surface area contributed by atoms with Crippen molar-refractivity contribution in [1.82, 2.24) is 10.7 Å². The average molecular weight is 504 g/mol. The van der Waals surface area contributed by atoms with Crippen molar-refractivity contribution in [3.8, 4) is 5.75 Å². The van der Waals surface area contributed by atoms with Crippen molar-refractivity contribution in [2.24, 2.45) is 5.10 Å². The molecular formula is C24H36F3N3O5. The van der Waals surface area contributed by atoms with Gasteiger partial charge in [-0.3, -0.25) is 4.79 Å². The lowest BCUT2D eigenvalue weighted by molar-refractivity contribution is -0.158. The Morgan fingerprint density at radius 1 is 1.06 bits per heavy atom. The van der Waals surface area contributed by atoms with Crippen molar-refractivity contribution in [2.45, 2.75) is 71.1 Å². The molecule has 35 heavy (non-hydrogen) atoms. The third-order valence-corrected chi connectivity index (χ3v) is 4.72. The number of hydrogen-bond donors (Lipinski definition) is 2. The van der Waals surface area contributed by atoms with E-state index in [1.54, 1.807) is 26.8 Å². The number of ether oxygens (including phenoxy) is 3. The van der Waals surface area contributed by atoms with Gasteiger partial charge in [-0.25, -0.2) is 4.79 Å². The molecule has 0 saturated carbocycles. The third-order valence-electron chi connectivity index (χ3n) is 4.72. The van der Waals surface area contributed by atoms with Crippen LogP contribution in [0.3, 0.4) is 0 Å². The highest BCUT2D eigenvalue weighted by atomic mass is 19.4. The number of aryl methyl sites for hydroxylation is 1. The molecule has 0 bridgehead atoms. The highest BCUT2D eigenvalue weighted by Gasteiger charge is 2.31. The summed E-state index contributed by atoms with van der Waals surface area (Å²) in [5.74, 6) is -0.725. The van der Waals surface area contributed by atoms with Crippen LogP contribution in [0, 0.1) is 0 Å². The smallest absolute Gasteiger partial charge is 0.389 e. The fourth-order valence-electron chi connectivity index (χ4n) is 3.00. The largest absolute Gasteiger partial charge is 0.476 e. The summed E-state index contributed by atoms with van der Waals surface area (Å²) >= 11 is 0. The number of rotatable bonds is 14. The molecule has 1 amide bonds. The van der Waals surface area contributed by atoms with Crippen LogP contribution in [-0.4, -0.2) is 56.4 Å². The number of nitrogens with one attached hydrogen (secondary N) is 2. The van der Waals surface area contributed by atoms with Crippen molar-refractivity contribution in [3.05, 3.63) is 29.8 Å². The zero-order chi connectivity index (χ0) is 26.3. The Hall–Kier alpha value is -2.98. The molecule has 11 heteroatoms. The van der Waals surface area contributed by atoms with Crippen molar-refractivity contribution in [3.63, 3.8) is 0 Å². The second-order valence-electron chi connectivity index (χ2n) is 8.25. The summed E-state index contributed by atoms with van der Waals surface area (Å²) in [6.45, 7) is 5.46. The van der Waals surface area contributed by atoms with Crippen molar-refractivity contribution in [2.75, 3.05) is 26.8 Å². The SMILES string of the molecule is CCOC(=O)C(C)(C)Oc1cccc(CCCCCO/C(=N/NC)C(=O)NCCCC(F)(F)F)c1. The standard InChI is InChI=1S/C24H36F3N3O5/c1-5-33-22(32)23(2,3)35-19-13-9-12-18(17-19)11-7-6-8-16-34-21(30-28-4)20(31)29-15-10-14-24(25,26)27/h9,12-13,17,28H,5-8,10-11,14-16H2,1-4H3,(H,29,31)/b30-21+. The number of carbonyl (C=O) groups excluding carboxylic acids is 2. The first-order valence-electron chi connectivity index (χ1n) is 11.7. The zero-order valence-corrected chi connectivity index (χ0v) is 20.8. The molecule has 1 aromatic carbocycles. The van der Waals surface area contributed by atoms with Crippen LogP contribution in [0.1, 0.15) is 58.4 Å². The van der Waals surface area contributed by atoms with E-state index in [9.17, 15) is 22.8 Å². The van der Waals surface area contributed by atoms with Gasteiger partial charge in [0.15, 0.2) is 5.60 Å². The summed E-state index contributed by atoms with van der Waals surface area (Å²) in [7, 11) is 1.49. The maximum Gasteiger partial charge on any atom is 0.389 e. The van der Waals surface area contributed by atoms with Gasteiger partial charge in [-0.2, -0.15) is 13.2 Å². The van der Waals surface area contributed by atoms with E-state index < -0.39 is 30.1 Å². The minimum Gasteiger partial charge on any atom is -0.476 e. The fraction of sp³-hybridized carbons (Fsp3) is 0.625. The van der Waals surface area contributed by atoms with E-state index >= 15 is 0 Å². The molecule has 0 fully saturated rings. The van der Waals surface area contributed by atoms with Gasteiger partial charge in [0.25, 0.3) is 5.90 Å². The van der Waals surface area contributed by atoms with Crippen LogP contribution in [0.15, 0.2) is 29.4 Å². The molecule has 0 heterocycles. The lowest BCUT2D eigenvalue weighted by atomic mass is 10.1. The van der Waals surface area contributed by atoms with E-state index in [0.29, 0.717) is 12.2 Å². The third kappa shape index (κ3) is 12.9. The molecule has 0 saturated heterocycles. The van der Waals surface area contributed by atoms with E-state index in [-0.39, 0.29) is 32.1 Å². The maximum atomic E-state index is 12.2. The Kier molecular flexibility index (Phi) is 13.0. The first kappa shape index (κ1) is 30.1. The topological polar surface area (TPSA) is 98.2 Å². The Morgan fingerprint density at radius 2 is 1.80 bits per heavy atom. The number of unbranched alkanes of at least 4 members (excludes halogenated alkanes) is 2. The molecule has 1 rings (SSSR count). The minimum absolute atomic E-state index is 0.121. The summed E-state index contributed by atoms with van der Waals surface area (Å²) in [6, 6.07) is 7.51. The molecule has 0 aliphatic rings. The van der Waals surface area contributed by atoms with E-state index in [1.807, 2.05) is 18.2 Å². The van der Waals surface area contributed by atoms with Crippen molar-refractivity contribution in [1.29, 1.82) is 0 Å². The summed E-state index contributed by atoms with van der Waals surface area (Å²) in [5, 5.41) is 6.12. The normalized spacial score (nSPS) is 12.1. The highest BCUT2D eigenvalue weighted by molar-refractivity contribution is 6.35. The van der Waals surface area contributed by atoms with Gasteiger partial charge in [-0.1, -0.05) is 12.1 Å². The van der Waals surface area contributed by atoms with Crippen LogP contribution < -0.4 is 15.5 Å². The molecule has 0 aliphatic heterocycles. The molecule has 0 aliphatic carbocycles. The van der Waals surface area contributed by atoms with Gasteiger partial charge in [0.2, 0.25) is 0 Å². The van der Waals surface area contributed by atoms with Crippen molar-refractivity contribution < 1.29 is 37.0 Å². The molecule has 0 spiro atoms. The number of alkyl halides is 3. The number of hydrogen-bond acceptors (Lipinski definition) is 7. The summed E-state index contributed by atoms with van der Waals surface area (Å²) < 4.78 is 52.8. The number of halogens is 3. The van der Waals surface area contributed by atoms with E-state index in [4.69, 9.17) is 14.2 Å². The Balaban J connectivity index is 2.38. The molecular weight excluding hydrogens is 467 g/mol. The van der Waals surface area contributed by atoms with E-state index in [0.717, 1.165) is 24.8 Å². The van der Waals surface area contributed by atoms with Crippen LogP contribution in [0.5, 0.6) is 5.75 Å². The Morgan fingerprint density at radius 3 is 2.46 bits per heavy atom. The molecule has 0 radical (unpaired) electrons. The first-order chi connectivity index (χ1) is 16.5. The molecule has 1 aromatic rings. The first-order valence-corrected chi connectivity index (χ1v) is 11.7. The lowest BCUT2D eigenvalue weighted by Crippen LogP contribution is -2.39. The second-order valence-corrected chi connectivity index (χ2v) is 8.25. The average Bonchev–Trinajstić information content (AvgIpc) is 2.77. The lowest BCUT2D eigenvalue weighted by Gasteiger charge is -2.24. The van der Waals surface area contributed by atoms with Crippen LogP contribution >= 0.6 is 0 Å². The van der Waals surface area contributed by atoms with Crippen LogP contribution in [-0.2, 0) is 25.5 Å². The van der Waals surface area contributed by atoms with Gasteiger partial charge >= 0.3 is 18.1 Å². The van der Waals surface area contributed by atoms with Gasteiger partial charge in [-0.15, -0.1) is 5.10 Å². The number of carbonyl (C=O) groups is 2. The highest BCUT2D eigenvalue weighted by Crippen LogP contribution is 2.22. The Labute approximate surface area is 204 Å².